The molecule has 0 radical (unpaired) electrons. The molecule has 0 saturated heterocycles. The molecule has 0 aliphatic heterocycles. The summed E-state index contributed by atoms with van der Waals surface area (Å²) in [6.07, 6.45) is 8.83. The SMILES string of the molecule is CC1=C(C)C(C)[C]([Zr]([CH3])([NH]C23CC4CC(C)(CC(C)(C4)C2)C3)[GeH2][c]2ccccc2)=C1C.c1ccc(-c2ccccc2)cc1. The molecule has 4 fully saturated rings. The van der Waals surface area contributed by atoms with E-state index >= 15 is 0 Å². The average molecular weight is 712 g/mol. The molecule has 3 heteroatoms. The Morgan fingerprint density at radius 1 is 0.674 bits per heavy atom. The van der Waals surface area contributed by atoms with Crippen molar-refractivity contribution < 1.29 is 18.0 Å². The Kier molecular flexibility index (Phi) is 8.82. The minimum absolute atomic E-state index is 0.436. The van der Waals surface area contributed by atoms with E-state index < -0.39 is 29.7 Å². The van der Waals surface area contributed by atoms with Gasteiger partial charge < -0.3 is 0 Å². The van der Waals surface area contributed by atoms with Gasteiger partial charge in [0.1, 0.15) is 0 Å². The molecule has 4 bridgehead atoms. The zero-order chi connectivity index (χ0) is 30.5. The molecule has 43 heavy (non-hydrogen) atoms. The average Bonchev–Trinajstić information content (AvgIpc) is 3.15. The molecule has 0 heterocycles. The Morgan fingerprint density at radius 2 is 1.16 bits per heavy atom. The Hall–Kier alpha value is -1.47. The molecule has 0 aromatic heterocycles. The van der Waals surface area contributed by atoms with Gasteiger partial charge in [-0.2, -0.15) is 0 Å². The van der Waals surface area contributed by atoms with Crippen molar-refractivity contribution >= 4 is 16.0 Å². The monoisotopic (exact) mass is 711 g/mol. The Labute approximate surface area is 270 Å². The summed E-state index contributed by atoms with van der Waals surface area (Å²) < 4.78 is 11.3. The first-order valence-corrected chi connectivity index (χ1v) is 33.7. The minimum Gasteiger partial charge on any atom is -0.0622 e. The molecule has 4 atom stereocenters. The molecule has 3 aromatic rings. The second-order valence-corrected chi connectivity index (χ2v) is 48.8. The first-order valence-electron chi connectivity index (χ1n) is 16.8. The van der Waals surface area contributed by atoms with Crippen molar-refractivity contribution in [3.63, 3.8) is 0 Å². The number of nitrogens with one attached hydrogen (secondary N) is 1. The van der Waals surface area contributed by atoms with Gasteiger partial charge in [0.2, 0.25) is 0 Å². The van der Waals surface area contributed by atoms with E-state index in [4.69, 9.17) is 3.26 Å². The van der Waals surface area contributed by atoms with Crippen LogP contribution in [0.1, 0.15) is 80.1 Å². The Morgan fingerprint density at radius 3 is 1.60 bits per heavy atom. The third-order valence-corrected chi connectivity index (χ3v) is 43.7. The van der Waals surface area contributed by atoms with Crippen molar-refractivity contribution in [3.05, 3.63) is 111 Å². The van der Waals surface area contributed by atoms with E-state index in [2.05, 4.69) is 125 Å². The predicted octanol–water partition coefficient (Wildman–Crippen LogP) is 9.47. The number of hydrogen-bond acceptors (Lipinski definition) is 1. The van der Waals surface area contributed by atoms with Gasteiger partial charge in [0.15, 0.2) is 0 Å². The summed E-state index contributed by atoms with van der Waals surface area (Å²) in [6, 6.07) is 32.5. The molecule has 1 nitrogen and oxygen atoms in total. The van der Waals surface area contributed by atoms with Gasteiger partial charge in [-0.3, -0.25) is 0 Å². The van der Waals surface area contributed by atoms with E-state index in [-0.39, 0.29) is 0 Å². The zero-order valence-electron chi connectivity index (χ0n) is 27.8. The summed E-state index contributed by atoms with van der Waals surface area (Å²) in [5, 5.41) is 0. The topological polar surface area (TPSA) is 12.0 Å². The quantitative estimate of drug-likeness (QED) is 0.252. The summed E-state index contributed by atoms with van der Waals surface area (Å²) in [5.74, 6) is 1.64. The number of hydrogen-bond donors (Lipinski definition) is 1. The van der Waals surface area contributed by atoms with Crippen molar-refractivity contribution in [2.24, 2.45) is 22.7 Å². The fourth-order valence-corrected chi connectivity index (χ4v) is 52.3. The molecular formula is C40H53GeNZr. The number of allylic oxidation sites excluding steroid dienone is 4. The van der Waals surface area contributed by atoms with E-state index in [0.717, 1.165) is 5.92 Å². The van der Waals surface area contributed by atoms with Crippen LogP contribution in [0.4, 0.5) is 0 Å². The molecule has 226 valence electrons. The maximum absolute atomic E-state index is 4.79. The van der Waals surface area contributed by atoms with Crippen molar-refractivity contribution in [1.82, 2.24) is 3.26 Å². The van der Waals surface area contributed by atoms with Crippen LogP contribution in [-0.4, -0.2) is 17.2 Å². The van der Waals surface area contributed by atoms with Crippen molar-refractivity contribution in [2.45, 2.75) is 90.2 Å². The van der Waals surface area contributed by atoms with Gasteiger partial charge in [-0.05, 0) is 11.1 Å². The summed E-state index contributed by atoms with van der Waals surface area (Å²) in [5.41, 5.74) is 9.09. The smallest absolute Gasteiger partial charge is 0.0184 e. The summed E-state index contributed by atoms with van der Waals surface area (Å²) in [4.78, 5) is 0. The van der Waals surface area contributed by atoms with Gasteiger partial charge in [-0.15, -0.1) is 0 Å². The summed E-state index contributed by atoms with van der Waals surface area (Å²) >= 11 is -3.64. The molecule has 4 saturated carbocycles. The van der Waals surface area contributed by atoms with Crippen LogP contribution < -0.4 is 7.66 Å². The van der Waals surface area contributed by atoms with Crippen LogP contribution in [0.3, 0.4) is 0 Å². The molecule has 1 N–H and O–H groups in total. The zero-order valence-corrected chi connectivity index (χ0v) is 33.2. The van der Waals surface area contributed by atoms with E-state index in [1.807, 2.05) is 15.4 Å². The van der Waals surface area contributed by atoms with Gasteiger partial charge in [0.05, 0.1) is 0 Å². The maximum atomic E-state index is 4.79. The van der Waals surface area contributed by atoms with E-state index in [1.54, 1.807) is 21.1 Å². The normalized spacial score (nSPS) is 32.7. The van der Waals surface area contributed by atoms with Crippen LogP contribution >= 0.6 is 0 Å². The molecule has 5 aliphatic rings. The fraction of sp³-hybridized carbons (Fsp3) is 0.450. The molecule has 0 spiro atoms. The first-order chi connectivity index (χ1) is 20.4. The molecule has 5 aliphatic carbocycles. The van der Waals surface area contributed by atoms with Gasteiger partial charge in [-0.25, -0.2) is 0 Å². The van der Waals surface area contributed by atoms with Gasteiger partial charge in [0.25, 0.3) is 0 Å². The van der Waals surface area contributed by atoms with Crippen molar-refractivity contribution in [1.29, 1.82) is 0 Å². The second kappa shape index (κ2) is 12.0. The van der Waals surface area contributed by atoms with Gasteiger partial charge >= 0.3 is 201 Å². The van der Waals surface area contributed by atoms with Crippen molar-refractivity contribution in [3.8, 4) is 11.1 Å². The largest absolute Gasteiger partial charge is 0.0622 e. The van der Waals surface area contributed by atoms with Gasteiger partial charge in [-0.1, -0.05) is 60.7 Å². The van der Waals surface area contributed by atoms with E-state index in [9.17, 15) is 0 Å². The molecule has 4 unspecified atom stereocenters. The molecular weight excluding hydrogens is 658 g/mol. The van der Waals surface area contributed by atoms with Crippen LogP contribution in [0.25, 0.3) is 11.1 Å². The van der Waals surface area contributed by atoms with E-state index in [1.165, 1.54) is 49.7 Å². The third kappa shape index (κ3) is 6.46. The third-order valence-electron chi connectivity index (χ3n) is 11.7. The minimum atomic E-state index is -2.73. The summed E-state index contributed by atoms with van der Waals surface area (Å²) in [7, 11) is 0. The van der Waals surface area contributed by atoms with Crippen LogP contribution in [-0.2, 0) is 18.0 Å². The van der Waals surface area contributed by atoms with Crippen molar-refractivity contribution in [2.75, 3.05) is 0 Å². The van der Waals surface area contributed by atoms with Gasteiger partial charge in [0, 0.05) is 0 Å². The van der Waals surface area contributed by atoms with Crippen LogP contribution in [0.2, 0.25) is 4.63 Å². The van der Waals surface area contributed by atoms with Crippen LogP contribution in [0.15, 0.2) is 111 Å². The maximum Gasteiger partial charge on any atom is -0.0184 e. The molecule has 0 amide bonds. The standard InChI is InChI=1S/C12H20N.C12H10.C9H13.C6H7Ge.CH3.Zr/c1-10-3-9-4-11(2,6-10)8-12(13,5-9)7-10;1-3-7-11(8-4-1)12-9-5-2-6-10-12;1-6-5-7(2)9(4)8(6)3;7-6-4-2-1-3-5-6;;/h9,13H,3-8H2,1-2H3;1-10H;6H,1-4H3;1-5H,7H2;1H3;/q-1;;;;;+1. The number of rotatable bonds is 6. The van der Waals surface area contributed by atoms with Crippen LogP contribution in [0, 0.1) is 22.7 Å². The molecule has 3 aromatic carbocycles. The van der Waals surface area contributed by atoms with E-state index in [0.29, 0.717) is 22.3 Å². The van der Waals surface area contributed by atoms with Crippen LogP contribution in [0.5, 0.6) is 0 Å². The Balaban J connectivity index is 0.000000229. The Bertz CT molecular complexity index is 1450. The number of benzene rings is 3. The fourth-order valence-electron chi connectivity index (χ4n) is 10.9. The molecule has 8 rings (SSSR count). The summed E-state index contributed by atoms with van der Waals surface area (Å²) in [6.45, 7) is 15.1. The predicted molar refractivity (Wildman–Crippen MR) is 186 cm³/mol. The second-order valence-electron chi connectivity index (χ2n) is 15.8. The first kappa shape index (κ1) is 31.5.